The number of likely N-dealkylation sites (N-methyl/N-ethyl adjacent to an activating group) is 1. The second kappa shape index (κ2) is 9.48. The highest BCUT2D eigenvalue weighted by Gasteiger charge is 2.19. The Labute approximate surface area is 166 Å². The molecule has 1 unspecified atom stereocenters. The van der Waals surface area contributed by atoms with Crippen LogP contribution in [0.25, 0.3) is 0 Å². The lowest BCUT2D eigenvalue weighted by Gasteiger charge is -2.32. The minimum absolute atomic E-state index is 0.148. The largest absolute Gasteiger partial charge is 0.340 e. The van der Waals surface area contributed by atoms with Gasteiger partial charge in [-0.3, -0.25) is 9.59 Å². The zero-order valence-electron chi connectivity index (χ0n) is 16.3. The molecule has 1 saturated heterocycles. The van der Waals surface area contributed by atoms with Gasteiger partial charge in [0.25, 0.3) is 0 Å². The number of hydrogen-bond acceptors (Lipinski definition) is 4. The fraction of sp³-hybridized carbons (Fsp3) is 0.364. The molecule has 2 aromatic carbocycles. The minimum atomic E-state index is -0.610. The maximum Gasteiger partial charge on any atom is 0.241 e. The average molecular weight is 380 g/mol. The number of nitrogens with one attached hydrogen (secondary N) is 1. The number of carbonyl (C=O) groups excluding carboxylic acids is 2. The van der Waals surface area contributed by atoms with Gasteiger partial charge in [-0.1, -0.05) is 42.5 Å². The number of benzene rings is 2. The fourth-order valence-corrected chi connectivity index (χ4v) is 3.24. The molecule has 1 fully saturated rings. The summed E-state index contributed by atoms with van der Waals surface area (Å²) >= 11 is 0. The minimum Gasteiger partial charge on any atom is -0.340 e. The summed E-state index contributed by atoms with van der Waals surface area (Å²) in [5, 5.41) is 2.85. The van der Waals surface area contributed by atoms with Crippen molar-refractivity contribution in [3.63, 3.8) is 0 Å². The van der Waals surface area contributed by atoms with Gasteiger partial charge in [-0.2, -0.15) is 0 Å². The number of piperazine rings is 1. The van der Waals surface area contributed by atoms with Crippen molar-refractivity contribution < 1.29 is 9.59 Å². The topological polar surface area (TPSA) is 78.7 Å². The lowest BCUT2D eigenvalue weighted by molar-refractivity contribution is -0.132. The predicted molar refractivity (Wildman–Crippen MR) is 111 cm³/mol. The molecule has 6 nitrogen and oxygen atoms in total. The molecule has 6 heteroatoms. The Bertz CT molecular complexity index is 784. The molecular weight excluding hydrogens is 352 g/mol. The smallest absolute Gasteiger partial charge is 0.241 e. The number of nitrogens with two attached hydrogens (primary N) is 1. The Morgan fingerprint density at radius 2 is 1.61 bits per heavy atom. The Morgan fingerprint density at radius 3 is 2.25 bits per heavy atom. The quantitative estimate of drug-likeness (QED) is 0.796. The van der Waals surface area contributed by atoms with Gasteiger partial charge < -0.3 is 20.9 Å². The van der Waals surface area contributed by atoms with Crippen LogP contribution in [0, 0.1) is 0 Å². The number of anilines is 1. The molecule has 1 aliphatic rings. The van der Waals surface area contributed by atoms with Crippen molar-refractivity contribution >= 4 is 17.5 Å². The van der Waals surface area contributed by atoms with E-state index in [9.17, 15) is 9.59 Å². The average Bonchev–Trinajstić information content (AvgIpc) is 2.70. The van der Waals surface area contributed by atoms with E-state index in [0.29, 0.717) is 18.5 Å². The molecule has 28 heavy (non-hydrogen) atoms. The molecule has 0 spiro atoms. The Morgan fingerprint density at radius 1 is 0.964 bits per heavy atom. The number of amides is 2. The summed E-state index contributed by atoms with van der Waals surface area (Å²) in [7, 11) is 2.07. The first-order valence-electron chi connectivity index (χ1n) is 9.67. The highest BCUT2D eigenvalue weighted by molar-refractivity contribution is 5.94. The van der Waals surface area contributed by atoms with Gasteiger partial charge in [0.05, 0.1) is 12.5 Å². The molecular formula is C22H28N4O2. The van der Waals surface area contributed by atoms with Crippen LogP contribution in [0.1, 0.15) is 11.1 Å². The normalized spacial score (nSPS) is 15.9. The van der Waals surface area contributed by atoms with E-state index in [-0.39, 0.29) is 11.8 Å². The third-order valence-corrected chi connectivity index (χ3v) is 5.07. The third-order valence-electron chi connectivity index (χ3n) is 5.07. The monoisotopic (exact) mass is 380 g/mol. The van der Waals surface area contributed by atoms with E-state index in [1.165, 1.54) is 0 Å². The Hall–Kier alpha value is -2.70. The van der Waals surface area contributed by atoms with Crippen LogP contribution in [0.5, 0.6) is 0 Å². The van der Waals surface area contributed by atoms with Crippen LogP contribution in [0.3, 0.4) is 0 Å². The first kappa shape index (κ1) is 20.0. The van der Waals surface area contributed by atoms with Gasteiger partial charge in [-0.05, 0) is 36.7 Å². The molecule has 0 radical (unpaired) electrons. The van der Waals surface area contributed by atoms with Crippen LogP contribution in [0.4, 0.5) is 5.69 Å². The van der Waals surface area contributed by atoms with Crippen molar-refractivity contribution in [3.8, 4) is 0 Å². The summed E-state index contributed by atoms with van der Waals surface area (Å²) in [6.07, 6.45) is 0.871. The Kier molecular flexibility index (Phi) is 6.79. The highest BCUT2D eigenvalue weighted by Crippen LogP contribution is 2.13. The fourth-order valence-electron chi connectivity index (χ4n) is 3.24. The molecule has 2 amide bonds. The van der Waals surface area contributed by atoms with Crippen LogP contribution in [0.15, 0.2) is 54.6 Å². The molecule has 0 aromatic heterocycles. The second-order valence-electron chi connectivity index (χ2n) is 7.34. The third kappa shape index (κ3) is 5.65. The summed E-state index contributed by atoms with van der Waals surface area (Å²) in [5.41, 5.74) is 8.67. The lowest BCUT2D eigenvalue weighted by Crippen LogP contribution is -2.47. The van der Waals surface area contributed by atoms with E-state index in [4.69, 9.17) is 5.73 Å². The van der Waals surface area contributed by atoms with Crippen molar-refractivity contribution in [1.82, 2.24) is 9.80 Å². The molecule has 1 atom stereocenters. The van der Waals surface area contributed by atoms with E-state index in [1.54, 1.807) is 0 Å². The molecule has 0 saturated carbocycles. The zero-order valence-corrected chi connectivity index (χ0v) is 16.3. The van der Waals surface area contributed by atoms with Crippen molar-refractivity contribution in [2.75, 3.05) is 38.5 Å². The van der Waals surface area contributed by atoms with Gasteiger partial charge in [0.1, 0.15) is 0 Å². The molecule has 148 valence electrons. The lowest BCUT2D eigenvalue weighted by atomic mass is 10.1. The van der Waals surface area contributed by atoms with Gasteiger partial charge in [0.2, 0.25) is 11.8 Å². The molecule has 2 aromatic rings. The zero-order chi connectivity index (χ0) is 19.9. The first-order chi connectivity index (χ1) is 13.5. The van der Waals surface area contributed by atoms with Crippen molar-refractivity contribution in [2.45, 2.75) is 18.9 Å². The summed E-state index contributed by atoms with van der Waals surface area (Å²) in [6.45, 7) is 3.39. The van der Waals surface area contributed by atoms with Crippen LogP contribution >= 0.6 is 0 Å². The standard InChI is InChI=1S/C22H28N4O2/c1-25-11-13-26(14-12-25)21(27)16-18-7-9-19(10-8-18)24-22(28)20(23)15-17-5-3-2-4-6-17/h2-10,20H,11-16,23H2,1H3,(H,24,28). The van der Waals surface area contributed by atoms with Crippen LogP contribution in [-0.2, 0) is 22.4 Å². The van der Waals surface area contributed by atoms with Gasteiger partial charge in [0.15, 0.2) is 0 Å². The number of hydrogen-bond donors (Lipinski definition) is 2. The number of nitrogens with zero attached hydrogens (tertiary/aromatic N) is 2. The van der Waals surface area contributed by atoms with Gasteiger partial charge in [-0.25, -0.2) is 0 Å². The molecule has 0 aliphatic carbocycles. The van der Waals surface area contributed by atoms with Crippen LogP contribution in [0.2, 0.25) is 0 Å². The molecule has 1 heterocycles. The van der Waals surface area contributed by atoms with Crippen LogP contribution < -0.4 is 11.1 Å². The molecule has 0 bridgehead atoms. The number of carbonyl (C=O) groups is 2. The summed E-state index contributed by atoms with van der Waals surface area (Å²) in [5.74, 6) is -0.0696. The van der Waals surface area contributed by atoms with E-state index >= 15 is 0 Å². The van der Waals surface area contributed by atoms with Crippen LogP contribution in [-0.4, -0.2) is 60.9 Å². The maximum atomic E-state index is 12.4. The van der Waals surface area contributed by atoms with Crippen molar-refractivity contribution in [3.05, 3.63) is 65.7 Å². The van der Waals surface area contributed by atoms with Crippen molar-refractivity contribution in [2.24, 2.45) is 5.73 Å². The summed E-state index contributed by atoms with van der Waals surface area (Å²) in [4.78, 5) is 28.9. The van der Waals surface area contributed by atoms with E-state index in [1.807, 2.05) is 59.5 Å². The molecule has 1 aliphatic heterocycles. The SMILES string of the molecule is CN1CCN(C(=O)Cc2ccc(NC(=O)C(N)Cc3ccccc3)cc2)CC1. The van der Waals surface area contributed by atoms with Gasteiger partial charge in [0, 0.05) is 31.9 Å². The number of rotatable bonds is 6. The Balaban J connectivity index is 1.49. The summed E-state index contributed by atoms with van der Waals surface area (Å²) < 4.78 is 0. The van der Waals surface area contributed by atoms with E-state index in [0.717, 1.165) is 37.3 Å². The maximum absolute atomic E-state index is 12.4. The van der Waals surface area contributed by atoms with Gasteiger partial charge in [-0.15, -0.1) is 0 Å². The van der Waals surface area contributed by atoms with E-state index in [2.05, 4.69) is 17.3 Å². The predicted octanol–water partition coefficient (Wildman–Crippen LogP) is 1.51. The van der Waals surface area contributed by atoms with E-state index < -0.39 is 6.04 Å². The highest BCUT2D eigenvalue weighted by atomic mass is 16.2. The van der Waals surface area contributed by atoms with Crippen molar-refractivity contribution in [1.29, 1.82) is 0 Å². The molecule has 3 N–H and O–H groups in total. The first-order valence-corrected chi connectivity index (χ1v) is 9.67. The summed E-state index contributed by atoms with van der Waals surface area (Å²) in [6, 6.07) is 16.5. The van der Waals surface area contributed by atoms with Gasteiger partial charge >= 0.3 is 0 Å². The molecule has 3 rings (SSSR count). The second-order valence-corrected chi connectivity index (χ2v) is 7.34.